The summed E-state index contributed by atoms with van der Waals surface area (Å²) in [6, 6.07) is 0.725. The molecule has 2 atom stereocenters. The Morgan fingerprint density at radius 1 is 1.53 bits per heavy atom. The van der Waals surface area contributed by atoms with Crippen molar-refractivity contribution in [3.05, 3.63) is 16.5 Å². The molecule has 0 spiro atoms. The van der Waals surface area contributed by atoms with Gasteiger partial charge in [0.15, 0.2) is 4.67 Å². The number of halogens is 1. The molecule has 1 rings (SSSR count). The monoisotopic (exact) mass is 353 g/mol. The van der Waals surface area contributed by atoms with E-state index in [9.17, 15) is 13.2 Å². The van der Waals surface area contributed by atoms with Crippen LogP contribution >= 0.6 is 15.9 Å². The van der Waals surface area contributed by atoms with Crippen LogP contribution in [0.25, 0.3) is 0 Å². The molecule has 19 heavy (non-hydrogen) atoms. The van der Waals surface area contributed by atoms with E-state index in [2.05, 4.69) is 20.7 Å². The lowest BCUT2D eigenvalue weighted by atomic mass is 10.0. The topological polar surface area (TPSA) is 96.6 Å². The SMILES string of the molecule is CCC(C)C(C)NS(=O)(=O)c1cc(C(=O)O)oc1Br. The fraction of sp³-hybridized carbons (Fsp3) is 0.545. The predicted molar refractivity (Wildman–Crippen MR) is 72.6 cm³/mol. The van der Waals surface area contributed by atoms with Gasteiger partial charge in [-0.25, -0.2) is 17.9 Å². The average molecular weight is 354 g/mol. The quantitative estimate of drug-likeness (QED) is 0.818. The Morgan fingerprint density at radius 2 is 2.11 bits per heavy atom. The first kappa shape index (κ1) is 16.2. The van der Waals surface area contributed by atoms with E-state index in [0.717, 1.165) is 12.5 Å². The van der Waals surface area contributed by atoms with Crippen molar-refractivity contribution < 1.29 is 22.7 Å². The van der Waals surface area contributed by atoms with E-state index >= 15 is 0 Å². The number of carboxylic acids is 1. The summed E-state index contributed by atoms with van der Waals surface area (Å²) in [6.07, 6.45) is 0.830. The Hall–Kier alpha value is -0.860. The second kappa shape index (κ2) is 6.06. The van der Waals surface area contributed by atoms with Gasteiger partial charge in [0, 0.05) is 12.1 Å². The van der Waals surface area contributed by atoms with Crippen LogP contribution in [0.1, 0.15) is 37.7 Å². The van der Waals surface area contributed by atoms with Crippen LogP contribution < -0.4 is 4.72 Å². The second-order valence-electron chi connectivity index (χ2n) is 4.35. The lowest BCUT2D eigenvalue weighted by Crippen LogP contribution is -2.36. The highest BCUT2D eigenvalue weighted by Crippen LogP contribution is 2.26. The number of aromatic carboxylic acids is 1. The van der Waals surface area contributed by atoms with Crippen molar-refractivity contribution in [1.82, 2.24) is 4.72 Å². The number of carbonyl (C=O) groups is 1. The van der Waals surface area contributed by atoms with Crippen LogP contribution in [0, 0.1) is 5.92 Å². The molecule has 1 aromatic heterocycles. The lowest BCUT2D eigenvalue weighted by molar-refractivity contribution is 0.0661. The summed E-state index contributed by atoms with van der Waals surface area (Å²) in [4.78, 5) is 10.5. The molecule has 108 valence electrons. The highest BCUT2D eigenvalue weighted by atomic mass is 79.9. The minimum absolute atomic E-state index is 0.117. The molecular weight excluding hydrogens is 338 g/mol. The van der Waals surface area contributed by atoms with Gasteiger partial charge in [0.1, 0.15) is 4.90 Å². The highest BCUT2D eigenvalue weighted by molar-refractivity contribution is 9.10. The smallest absolute Gasteiger partial charge is 0.371 e. The van der Waals surface area contributed by atoms with Crippen LogP contribution in [0.4, 0.5) is 0 Å². The number of furan rings is 1. The third-order valence-electron chi connectivity index (χ3n) is 2.99. The molecule has 2 N–H and O–H groups in total. The molecule has 0 aromatic carbocycles. The summed E-state index contributed by atoms with van der Waals surface area (Å²) in [5, 5.41) is 8.77. The molecule has 8 heteroatoms. The molecule has 1 heterocycles. The normalized spacial score (nSPS) is 15.2. The van der Waals surface area contributed by atoms with Gasteiger partial charge in [0.2, 0.25) is 15.8 Å². The molecule has 0 aliphatic carbocycles. The van der Waals surface area contributed by atoms with Crippen LogP contribution in [-0.4, -0.2) is 25.5 Å². The zero-order valence-corrected chi connectivity index (χ0v) is 13.2. The number of sulfonamides is 1. The standard InChI is InChI=1S/C11H16BrNO5S/c1-4-6(2)7(3)13-19(16,17)9-5-8(11(14)15)18-10(9)12/h5-7,13H,4H2,1-3H3,(H,14,15). The Bertz CT molecular complexity index is 566. The van der Waals surface area contributed by atoms with Gasteiger partial charge in [-0.15, -0.1) is 0 Å². The number of carboxylic acid groups (broad SMARTS) is 1. The first-order chi connectivity index (χ1) is 8.69. The van der Waals surface area contributed by atoms with Gasteiger partial charge in [0.05, 0.1) is 0 Å². The maximum atomic E-state index is 12.1. The Morgan fingerprint density at radius 3 is 2.53 bits per heavy atom. The molecule has 0 fully saturated rings. The van der Waals surface area contributed by atoms with Crippen LogP contribution in [0.15, 0.2) is 20.0 Å². The van der Waals surface area contributed by atoms with Crippen molar-refractivity contribution in [2.45, 2.75) is 38.1 Å². The van der Waals surface area contributed by atoms with Crippen LogP contribution in [-0.2, 0) is 10.0 Å². The van der Waals surface area contributed by atoms with E-state index in [0.29, 0.717) is 0 Å². The summed E-state index contributed by atoms with van der Waals surface area (Å²) < 4.78 is 31.5. The first-order valence-corrected chi connectivity index (χ1v) is 8.01. The van der Waals surface area contributed by atoms with Crippen LogP contribution in [0.3, 0.4) is 0 Å². The van der Waals surface area contributed by atoms with Gasteiger partial charge < -0.3 is 9.52 Å². The van der Waals surface area contributed by atoms with Crippen molar-refractivity contribution >= 4 is 31.9 Å². The van der Waals surface area contributed by atoms with Crippen molar-refractivity contribution in [3.63, 3.8) is 0 Å². The largest absolute Gasteiger partial charge is 0.475 e. The Labute approximate surface area is 120 Å². The summed E-state index contributed by atoms with van der Waals surface area (Å²) in [5.41, 5.74) is 0. The summed E-state index contributed by atoms with van der Waals surface area (Å²) in [5.74, 6) is -1.58. The molecule has 0 radical (unpaired) electrons. The summed E-state index contributed by atoms with van der Waals surface area (Å²) in [7, 11) is -3.81. The van der Waals surface area contributed by atoms with E-state index in [1.165, 1.54) is 0 Å². The molecule has 0 aliphatic rings. The van der Waals surface area contributed by atoms with Crippen molar-refractivity contribution in [3.8, 4) is 0 Å². The van der Waals surface area contributed by atoms with E-state index in [1.807, 2.05) is 13.8 Å². The first-order valence-electron chi connectivity index (χ1n) is 5.74. The maximum Gasteiger partial charge on any atom is 0.371 e. The zero-order chi connectivity index (χ0) is 14.8. The van der Waals surface area contributed by atoms with Gasteiger partial charge in [-0.3, -0.25) is 0 Å². The van der Waals surface area contributed by atoms with Gasteiger partial charge in [-0.1, -0.05) is 20.3 Å². The lowest BCUT2D eigenvalue weighted by Gasteiger charge is -2.19. The molecule has 0 saturated carbocycles. The second-order valence-corrected chi connectivity index (χ2v) is 6.75. The fourth-order valence-corrected chi connectivity index (χ4v) is 3.71. The molecule has 6 nitrogen and oxygen atoms in total. The summed E-state index contributed by atoms with van der Waals surface area (Å²) >= 11 is 2.92. The Kier molecular flexibility index (Phi) is 5.17. The van der Waals surface area contributed by atoms with Crippen molar-refractivity contribution in [2.24, 2.45) is 5.92 Å². The summed E-state index contributed by atoms with van der Waals surface area (Å²) in [6.45, 7) is 5.66. The Balaban J connectivity index is 3.04. The molecule has 0 amide bonds. The van der Waals surface area contributed by atoms with Gasteiger partial charge in [-0.2, -0.15) is 0 Å². The average Bonchev–Trinajstić information content (AvgIpc) is 2.70. The maximum absolute atomic E-state index is 12.1. The van der Waals surface area contributed by atoms with E-state index in [-0.39, 0.29) is 21.5 Å². The number of hydrogen-bond donors (Lipinski definition) is 2. The zero-order valence-electron chi connectivity index (χ0n) is 10.8. The van der Waals surface area contributed by atoms with E-state index in [4.69, 9.17) is 9.52 Å². The van der Waals surface area contributed by atoms with Crippen LogP contribution in [0.2, 0.25) is 0 Å². The van der Waals surface area contributed by atoms with Gasteiger partial charge in [0.25, 0.3) is 0 Å². The minimum atomic E-state index is -3.81. The molecule has 2 unspecified atom stereocenters. The fourth-order valence-electron chi connectivity index (χ4n) is 1.42. The van der Waals surface area contributed by atoms with E-state index < -0.39 is 21.8 Å². The molecule has 1 aromatic rings. The third-order valence-corrected chi connectivity index (χ3v) is 5.41. The number of nitrogens with one attached hydrogen (secondary N) is 1. The minimum Gasteiger partial charge on any atom is -0.475 e. The number of hydrogen-bond acceptors (Lipinski definition) is 4. The van der Waals surface area contributed by atoms with Gasteiger partial charge in [-0.05, 0) is 28.8 Å². The third kappa shape index (κ3) is 3.80. The van der Waals surface area contributed by atoms with Crippen molar-refractivity contribution in [1.29, 1.82) is 0 Å². The molecule has 0 saturated heterocycles. The predicted octanol–water partition coefficient (Wildman–Crippen LogP) is 2.45. The number of rotatable bonds is 6. The van der Waals surface area contributed by atoms with Crippen LogP contribution in [0.5, 0.6) is 0 Å². The van der Waals surface area contributed by atoms with Crippen molar-refractivity contribution in [2.75, 3.05) is 0 Å². The van der Waals surface area contributed by atoms with E-state index in [1.54, 1.807) is 6.92 Å². The molecule has 0 bridgehead atoms. The molecular formula is C11H16BrNO5S. The highest BCUT2D eigenvalue weighted by Gasteiger charge is 2.27. The molecule has 0 aliphatic heterocycles. The van der Waals surface area contributed by atoms with Gasteiger partial charge >= 0.3 is 5.97 Å².